The van der Waals surface area contributed by atoms with Crippen LogP contribution in [0.1, 0.15) is 0 Å². The summed E-state index contributed by atoms with van der Waals surface area (Å²) in [6.07, 6.45) is 0. The Morgan fingerprint density at radius 1 is 0.312 bits per heavy atom. The lowest BCUT2D eigenvalue weighted by atomic mass is 9.98. The van der Waals surface area contributed by atoms with Crippen LogP contribution in [-0.4, -0.2) is 9.13 Å². The Morgan fingerprint density at radius 2 is 0.958 bits per heavy atom. The molecule has 0 spiro atoms. The first kappa shape index (κ1) is 26.8. The lowest BCUT2D eigenvalue weighted by Gasteiger charge is -2.12. The molecule has 0 fully saturated rings. The summed E-state index contributed by atoms with van der Waals surface area (Å²) in [4.78, 5) is 0. The van der Waals surface area contributed by atoms with Gasteiger partial charge in [0.25, 0.3) is 0 Å². The van der Waals surface area contributed by atoms with E-state index in [1.807, 2.05) is 0 Å². The molecule has 2 nitrogen and oxygen atoms in total. The summed E-state index contributed by atoms with van der Waals surface area (Å²) in [5.74, 6) is 0. The van der Waals surface area contributed by atoms with Crippen LogP contribution in [0.5, 0.6) is 0 Å². The van der Waals surface area contributed by atoms with Gasteiger partial charge in [-0.2, -0.15) is 0 Å². The first-order valence-electron chi connectivity index (χ1n) is 16.5. The number of para-hydroxylation sites is 2. The van der Waals surface area contributed by atoms with E-state index in [-0.39, 0.29) is 0 Å². The molecule has 0 atom stereocenters. The molecular formula is C46H30N2. The molecule has 2 heterocycles. The van der Waals surface area contributed by atoms with Gasteiger partial charge in [0.15, 0.2) is 0 Å². The monoisotopic (exact) mass is 610 g/mol. The molecule has 2 heteroatoms. The van der Waals surface area contributed by atoms with Crippen molar-refractivity contribution in [3.8, 4) is 33.6 Å². The molecule has 0 N–H and O–H groups in total. The zero-order valence-electron chi connectivity index (χ0n) is 26.2. The fraction of sp³-hybridized carbons (Fsp3) is 0. The maximum atomic E-state index is 2.46. The topological polar surface area (TPSA) is 9.86 Å². The van der Waals surface area contributed by atoms with Gasteiger partial charge >= 0.3 is 0 Å². The fourth-order valence-electron chi connectivity index (χ4n) is 7.78. The average Bonchev–Trinajstić information content (AvgIpc) is 3.68. The minimum absolute atomic E-state index is 1.15. The van der Waals surface area contributed by atoms with Crippen LogP contribution in [0.15, 0.2) is 182 Å². The van der Waals surface area contributed by atoms with E-state index < -0.39 is 0 Å². The quantitative estimate of drug-likeness (QED) is 0.188. The Labute approximate surface area is 278 Å². The van der Waals surface area contributed by atoms with E-state index in [9.17, 15) is 0 Å². The molecule has 0 aliphatic rings. The van der Waals surface area contributed by atoms with Crippen LogP contribution in [0.4, 0.5) is 0 Å². The first-order chi connectivity index (χ1) is 23.8. The number of rotatable bonds is 4. The maximum absolute atomic E-state index is 2.46. The normalized spacial score (nSPS) is 11.8. The van der Waals surface area contributed by atoms with Gasteiger partial charge in [-0.15, -0.1) is 0 Å². The number of fused-ring (bicyclic) bond motifs is 8. The van der Waals surface area contributed by atoms with Gasteiger partial charge in [0.1, 0.15) is 0 Å². The van der Waals surface area contributed by atoms with Gasteiger partial charge in [-0.25, -0.2) is 0 Å². The standard InChI is InChI=1S/C46H30N2/c1-3-13-31(14-4-1)33-25-27-43-41(30-33)39-26-28-44-45(46(39)48(43)35-18-5-2-6-19-35)40-22-9-10-24-42(40)47(44)36-20-11-17-34(29-36)38-23-12-16-32-15-7-8-21-37(32)38/h1-30H. The molecule has 0 radical (unpaired) electrons. The first-order valence-corrected chi connectivity index (χ1v) is 16.5. The van der Waals surface area contributed by atoms with Crippen molar-refractivity contribution < 1.29 is 0 Å². The minimum Gasteiger partial charge on any atom is -0.309 e. The predicted molar refractivity (Wildman–Crippen MR) is 203 cm³/mol. The van der Waals surface area contributed by atoms with E-state index in [1.165, 1.54) is 76.6 Å². The van der Waals surface area contributed by atoms with E-state index >= 15 is 0 Å². The highest BCUT2D eigenvalue weighted by Crippen LogP contribution is 2.43. The zero-order valence-corrected chi connectivity index (χ0v) is 26.2. The maximum Gasteiger partial charge on any atom is 0.0641 e. The molecule has 0 aliphatic carbocycles. The molecule has 224 valence electrons. The van der Waals surface area contributed by atoms with Crippen LogP contribution in [0.2, 0.25) is 0 Å². The number of hydrogen-bond acceptors (Lipinski definition) is 0. The summed E-state index contributed by atoms with van der Waals surface area (Å²) in [6.45, 7) is 0. The summed E-state index contributed by atoms with van der Waals surface area (Å²) in [6, 6.07) is 66.2. The Kier molecular flexibility index (Phi) is 5.91. The van der Waals surface area contributed by atoms with Crippen molar-refractivity contribution in [3.05, 3.63) is 182 Å². The summed E-state index contributed by atoms with van der Waals surface area (Å²) in [5, 5.41) is 7.54. The number of benzene rings is 8. The molecule has 0 saturated carbocycles. The molecule has 8 aromatic carbocycles. The lowest BCUT2D eigenvalue weighted by Crippen LogP contribution is -1.95. The highest BCUT2D eigenvalue weighted by atomic mass is 15.0. The largest absolute Gasteiger partial charge is 0.309 e. The molecule has 0 saturated heterocycles. The van der Waals surface area contributed by atoms with Crippen molar-refractivity contribution in [2.75, 3.05) is 0 Å². The SMILES string of the molecule is c1ccc(-c2ccc3c(c2)c2ccc4c(c5ccccc5n4-c4cccc(-c5cccc6ccccc56)c4)c2n3-c2ccccc2)cc1. The summed E-state index contributed by atoms with van der Waals surface area (Å²) in [7, 11) is 0. The van der Waals surface area contributed by atoms with Crippen LogP contribution in [0.3, 0.4) is 0 Å². The van der Waals surface area contributed by atoms with Gasteiger partial charge in [-0.3, -0.25) is 0 Å². The van der Waals surface area contributed by atoms with Gasteiger partial charge in [0, 0.05) is 32.9 Å². The van der Waals surface area contributed by atoms with Gasteiger partial charge < -0.3 is 9.13 Å². The van der Waals surface area contributed by atoms with E-state index in [2.05, 4.69) is 191 Å². The van der Waals surface area contributed by atoms with E-state index in [4.69, 9.17) is 0 Å². The summed E-state index contributed by atoms with van der Waals surface area (Å²) < 4.78 is 4.91. The average molecular weight is 611 g/mol. The van der Waals surface area contributed by atoms with Crippen LogP contribution in [0.25, 0.3) is 88.0 Å². The third-order valence-corrected chi connectivity index (χ3v) is 9.89. The van der Waals surface area contributed by atoms with Gasteiger partial charge in [0.2, 0.25) is 0 Å². The van der Waals surface area contributed by atoms with E-state index in [0.717, 1.165) is 11.4 Å². The van der Waals surface area contributed by atoms with Crippen LogP contribution in [0, 0.1) is 0 Å². The minimum atomic E-state index is 1.15. The third-order valence-electron chi connectivity index (χ3n) is 9.89. The molecule has 0 unspecified atom stereocenters. The van der Waals surface area contributed by atoms with Gasteiger partial charge in [0.05, 0.1) is 22.1 Å². The molecule has 10 aromatic rings. The van der Waals surface area contributed by atoms with Crippen molar-refractivity contribution in [2.24, 2.45) is 0 Å². The predicted octanol–water partition coefficient (Wildman–Crippen LogP) is 12.4. The van der Waals surface area contributed by atoms with Crippen molar-refractivity contribution in [1.82, 2.24) is 9.13 Å². The van der Waals surface area contributed by atoms with Gasteiger partial charge in [-0.05, 0) is 81.6 Å². The van der Waals surface area contributed by atoms with Crippen molar-refractivity contribution in [1.29, 1.82) is 0 Å². The molecule has 2 aromatic heterocycles. The number of hydrogen-bond donors (Lipinski definition) is 0. The Bertz CT molecular complexity index is 2810. The molecule has 48 heavy (non-hydrogen) atoms. The molecular weight excluding hydrogens is 581 g/mol. The van der Waals surface area contributed by atoms with Crippen molar-refractivity contribution in [3.63, 3.8) is 0 Å². The molecule has 0 amide bonds. The highest BCUT2D eigenvalue weighted by Gasteiger charge is 2.21. The smallest absolute Gasteiger partial charge is 0.0641 e. The Balaban J connectivity index is 1.30. The van der Waals surface area contributed by atoms with Crippen molar-refractivity contribution >= 4 is 54.4 Å². The zero-order chi connectivity index (χ0) is 31.6. The second-order valence-electron chi connectivity index (χ2n) is 12.6. The third kappa shape index (κ3) is 4.00. The van der Waals surface area contributed by atoms with E-state index in [1.54, 1.807) is 0 Å². The number of aromatic nitrogens is 2. The Hall–Kier alpha value is -6.38. The molecule has 0 aliphatic heterocycles. The lowest BCUT2D eigenvalue weighted by molar-refractivity contribution is 1.17. The van der Waals surface area contributed by atoms with Crippen LogP contribution < -0.4 is 0 Å². The second-order valence-corrected chi connectivity index (χ2v) is 12.6. The summed E-state index contributed by atoms with van der Waals surface area (Å²) >= 11 is 0. The second kappa shape index (κ2) is 10.6. The molecule has 0 bridgehead atoms. The highest BCUT2D eigenvalue weighted by molar-refractivity contribution is 6.26. The number of nitrogens with zero attached hydrogens (tertiary/aromatic N) is 2. The van der Waals surface area contributed by atoms with Crippen LogP contribution >= 0.6 is 0 Å². The van der Waals surface area contributed by atoms with Crippen LogP contribution in [-0.2, 0) is 0 Å². The summed E-state index contributed by atoms with van der Waals surface area (Å²) in [5.41, 5.74) is 12.1. The Morgan fingerprint density at radius 3 is 1.83 bits per heavy atom. The van der Waals surface area contributed by atoms with Crippen molar-refractivity contribution in [2.45, 2.75) is 0 Å². The fourth-order valence-corrected chi connectivity index (χ4v) is 7.78. The van der Waals surface area contributed by atoms with E-state index in [0.29, 0.717) is 0 Å². The molecule has 10 rings (SSSR count). The van der Waals surface area contributed by atoms with Gasteiger partial charge in [-0.1, -0.05) is 133 Å².